The van der Waals surface area contributed by atoms with Crippen LogP contribution >= 0.6 is 0 Å². The van der Waals surface area contributed by atoms with E-state index in [0.29, 0.717) is 25.4 Å². The van der Waals surface area contributed by atoms with E-state index in [1.165, 1.54) is 22.0 Å². The quantitative estimate of drug-likeness (QED) is 0.0986. The number of hydrogen-bond donors (Lipinski definition) is 0. The zero-order chi connectivity index (χ0) is 34.7. The van der Waals surface area contributed by atoms with Gasteiger partial charge in [0.25, 0.3) is 8.32 Å². The molecule has 0 saturated carbocycles. The fraction of sp³-hybridized carbons (Fsp3) is 0.513. The smallest absolute Gasteiger partial charge is 0.335 e. The van der Waals surface area contributed by atoms with E-state index in [2.05, 4.69) is 147 Å². The number of benzene rings is 2. The predicted octanol–water partition coefficient (Wildman–Crippen LogP) is 7.91. The molecule has 1 heterocycles. The molecular weight excluding hydrogens is 621 g/mol. The average Bonchev–Trinajstić information content (AvgIpc) is 3.32. The van der Waals surface area contributed by atoms with Crippen molar-refractivity contribution in [2.75, 3.05) is 27.1 Å². The first kappa shape index (κ1) is 37.1. The van der Waals surface area contributed by atoms with Crippen LogP contribution < -0.4 is 10.4 Å². The fourth-order valence-electron chi connectivity index (χ4n) is 6.79. The third kappa shape index (κ3) is 7.32. The standard InChI is InChI=1S/C39H56O6Si2/c1-30-26-39(34(42-29-41-9)25-35(40)45-39)38(8,23-18-24-43-46(10,11)36(2,3)4)27-31(30)28-44-47(37(5,6)7,32-19-14-12-15-20-32)33-21-16-13-17-22-33/h12-23,25,27,30H,24,26,28-29H2,1-11H3/b23-18+/t30-,38-,39-/m0/s1. The van der Waals surface area contributed by atoms with E-state index in [9.17, 15) is 4.79 Å². The summed E-state index contributed by atoms with van der Waals surface area (Å²) in [5.74, 6) is 0.149. The van der Waals surface area contributed by atoms with Gasteiger partial charge in [-0.05, 0) is 52.0 Å². The van der Waals surface area contributed by atoms with Gasteiger partial charge in [-0.15, -0.1) is 0 Å². The molecule has 0 N–H and O–H groups in total. The molecule has 2 aromatic rings. The Morgan fingerprint density at radius 2 is 1.49 bits per heavy atom. The van der Waals surface area contributed by atoms with Crippen molar-refractivity contribution in [3.63, 3.8) is 0 Å². The van der Waals surface area contributed by atoms with Gasteiger partial charge in [0.05, 0.1) is 24.7 Å². The Balaban J connectivity index is 1.78. The monoisotopic (exact) mass is 676 g/mol. The Hall–Kier alpha value is -2.76. The van der Waals surface area contributed by atoms with E-state index < -0.39 is 33.6 Å². The van der Waals surface area contributed by atoms with Gasteiger partial charge >= 0.3 is 5.97 Å². The summed E-state index contributed by atoms with van der Waals surface area (Å²) in [6.45, 7) is 23.4. The molecule has 1 aliphatic heterocycles. The highest BCUT2D eigenvalue weighted by molar-refractivity contribution is 6.99. The number of esters is 1. The molecule has 6 nitrogen and oxygen atoms in total. The minimum atomic E-state index is -2.77. The highest BCUT2D eigenvalue weighted by Gasteiger charge is 2.59. The van der Waals surface area contributed by atoms with Gasteiger partial charge in [0.15, 0.2) is 26.5 Å². The van der Waals surface area contributed by atoms with Crippen LogP contribution in [0.3, 0.4) is 0 Å². The van der Waals surface area contributed by atoms with E-state index in [1.54, 1.807) is 7.11 Å². The summed E-state index contributed by atoms with van der Waals surface area (Å²) >= 11 is 0. The first-order chi connectivity index (χ1) is 21.9. The summed E-state index contributed by atoms with van der Waals surface area (Å²) in [5, 5.41) is 2.44. The molecule has 0 fully saturated rings. The normalized spacial score (nSPS) is 24.0. The maximum Gasteiger partial charge on any atom is 0.335 e. The Kier molecular flexibility index (Phi) is 11.0. The Morgan fingerprint density at radius 3 is 2.00 bits per heavy atom. The molecule has 0 unspecified atom stereocenters. The molecule has 8 heteroatoms. The van der Waals surface area contributed by atoms with Gasteiger partial charge in [-0.1, -0.05) is 127 Å². The number of carbonyl (C=O) groups excluding carboxylic acids is 1. The zero-order valence-electron chi connectivity index (χ0n) is 30.4. The summed E-state index contributed by atoms with van der Waals surface area (Å²) in [4.78, 5) is 12.9. The lowest BCUT2D eigenvalue weighted by Crippen LogP contribution is -2.66. The molecule has 47 heavy (non-hydrogen) atoms. The van der Waals surface area contributed by atoms with Gasteiger partial charge in [-0.25, -0.2) is 4.79 Å². The molecule has 0 aromatic heterocycles. The van der Waals surface area contributed by atoms with E-state index in [4.69, 9.17) is 23.1 Å². The van der Waals surface area contributed by atoms with Crippen molar-refractivity contribution >= 4 is 33.0 Å². The number of carbonyl (C=O) groups is 1. The molecule has 2 aliphatic rings. The first-order valence-corrected chi connectivity index (χ1v) is 21.6. The minimum Gasteiger partial charge on any atom is -0.467 e. The van der Waals surface area contributed by atoms with Crippen LogP contribution in [0, 0.1) is 11.3 Å². The van der Waals surface area contributed by atoms with Crippen LogP contribution in [0.4, 0.5) is 0 Å². The predicted molar refractivity (Wildman–Crippen MR) is 196 cm³/mol. The van der Waals surface area contributed by atoms with Gasteiger partial charge in [-0.3, -0.25) is 0 Å². The molecule has 1 aliphatic carbocycles. The van der Waals surface area contributed by atoms with Gasteiger partial charge in [-0.2, -0.15) is 0 Å². The summed E-state index contributed by atoms with van der Waals surface area (Å²) in [7, 11) is -3.16. The second-order valence-corrected chi connectivity index (χ2v) is 25.0. The van der Waals surface area contributed by atoms with Crippen LogP contribution in [0.5, 0.6) is 0 Å². The molecule has 256 valence electrons. The van der Waals surface area contributed by atoms with Crippen molar-refractivity contribution in [3.8, 4) is 0 Å². The molecule has 4 rings (SSSR count). The van der Waals surface area contributed by atoms with Crippen LogP contribution in [-0.4, -0.2) is 55.3 Å². The fourth-order valence-corrected chi connectivity index (χ4v) is 12.3. The summed E-state index contributed by atoms with van der Waals surface area (Å²) < 4.78 is 31.5. The van der Waals surface area contributed by atoms with Crippen LogP contribution in [0.15, 0.2) is 96.3 Å². The molecule has 0 bridgehead atoms. The Morgan fingerprint density at radius 1 is 0.915 bits per heavy atom. The molecule has 1 spiro atoms. The largest absolute Gasteiger partial charge is 0.467 e. The van der Waals surface area contributed by atoms with Gasteiger partial charge in [0, 0.05) is 13.5 Å². The van der Waals surface area contributed by atoms with E-state index >= 15 is 0 Å². The Bertz CT molecular complexity index is 1430. The van der Waals surface area contributed by atoms with Crippen LogP contribution in [0.2, 0.25) is 23.2 Å². The van der Waals surface area contributed by atoms with Crippen molar-refractivity contribution < 1.29 is 27.9 Å². The molecule has 3 atom stereocenters. The molecule has 0 amide bonds. The highest BCUT2D eigenvalue weighted by Crippen LogP contribution is 2.54. The van der Waals surface area contributed by atoms with Gasteiger partial charge in [0.2, 0.25) is 0 Å². The maximum absolute atomic E-state index is 12.9. The van der Waals surface area contributed by atoms with E-state index in [-0.39, 0.29) is 22.8 Å². The van der Waals surface area contributed by atoms with Gasteiger partial charge < -0.3 is 23.1 Å². The lowest BCUT2D eigenvalue weighted by molar-refractivity contribution is -0.161. The van der Waals surface area contributed by atoms with Crippen LogP contribution in [-0.2, 0) is 27.9 Å². The number of methoxy groups -OCH3 is 1. The first-order valence-electron chi connectivity index (χ1n) is 16.8. The van der Waals surface area contributed by atoms with E-state index in [1.807, 2.05) is 0 Å². The second kappa shape index (κ2) is 14.0. The molecular formula is C39H56O6Si2. The van der Waals surface area contributed by atoms with Crippen LogP contribution in [0.25, 0.3) is 0 Å². The third-order valence-electron chi connectivity index (χ3n) is 10.5. The molecule has 0 radical (unpaired) electrons. The topological polar surface area (TPSA) is 63.2 Å². The summed E-state index contributed by atoms with van der Waals surface area (Å²) in [6, 6.07) is 21.4. The number of rotatable bonds is 12. The lowest BCUT2D eigenvalue weighted by Gasteiger charge is -2.49. The van der Waals surface area contributed by atoms with Gasteiger partial charge in [0.1, 0.15) is 0 Å². The molecule has 2 aromatic carbocycles. The van der Waals surface area contributed by atoms with Crippen LogP contribution in [0.1, 0.15) is 61.8 Å². The van der Waals surface area contributed by atoms with Crippen molar-refractivity contribution in [2.45, 2.75) is 90.6 Å². The lowest BCUT2D eigenvalue weighted by atomic mass is 9.62. The summed E-state index contributed by atoms with van der Waals surface area (Å²) in [5.41, 5.74) is -0.571. The molecule has 0 saturated heterocycles. The summed E-state index contributed by atoms with van der Waals surface area (Å²) in [6.07, 6.45) is 8.49. The van der Waals surface area contributed by atoms with Crippen molar-refractivity contribution in [1.82, 2.24) is 0 Å². The number of ether oxygens (including phenoxy) is 3. The Labute approximate surface area is 285 Å². The minimum absolute atomic E-state index is 0.0282. The van der Waals surface area contributed by atoms with E-state index in [0.717, 1.165) is 0 Å². The maximum atomic E-state index is 12.9. The SMILES string of the molecule is COCOC1=CC(=O)O[C@@]12C[C@H](C)C(CO[Si](c1ccccc1)(c1ccccc1)C(C)(C)C)=C[C@]2(C)/C=C/CO[Si](C)(C)C(C)(C)C. The third-order valence-corrected chi connectivity index (χ3v) is 20.0. The van der Waals surface area contributed by atoms with Crippen molar-refractivity contribution in [3.05, 3.63) is 96.3 Å². The van der Waals surface area contributed by atoms with Crippen molar-refractivity contribution in [2.24, 2.45) is 11.3 Å². The van der Waals surface area contributed by atoms with Crippen molar-refractivity contribution in [1.29, 1.82) is 0 Å². The zero-order valence-corrected chi connectivity index (χ0v) is 32.4. The second-order valence-electron chi connectivity index (χ2n) is 15.8. The highest BCUT2D eigenvalue weighted by atomic mass is 28.4. The average molecular weight is 677 g/mol. The number of hydrogen-bond acceptors (Lipinski definition) is 6.